The van der Waals surface area contributed by atoms with Crippen LogP contribution in [0.1, 0.15) is 24.4 Å². The van der Waals surface area contributed by atoms with Crippen molar-refractivity contribution in [1.29, 1.82) is 0 Å². The Kier molecular flexibility index (Phi) is 4.98. The molecule has 0 spiro atoms. The first-order valence-electron chi connectivity index (χ1n) is 7.01. The van der Waals surface area contributed by atoms with Crippen molar-refractivity contribution in [2.45, 2.75) is 18.9 Å². The molecule has 2 rings (SSSR count). The highest BCUT2D eigenvalue weighted by Crippen LogP contribution is 2.20. The van der Waals surface area contributed by atoms with Crippen molar-refractivity contribution in [2.24, 2.45) is 17.4 Å². The Labute approximate surface area is 119 Å². The maximum absolute atomic E-state index is 11.3. The molecule has 0 bridgehead atoms. The number of nitrogens with zero attached hydrogens (tertiary/aromatic N) is 1. The maximum Gasteiger partial charge on any atom is 0.221 e. The fraction of sp³-hybridized carbons (Fsp3) is 0.533. The molecule has 1 fully saturated rings. The zero-order chi connectivity index (χ0) is 14.5. The molecule has 1 heterocycles. The second-order valence-electron chi connectivity index (χ2n) is 5.38. The van der Waals surface area contributed by atoms with Gasteiger partial charge in [-0.25, -0.2) is 0 Å². The van der Waals surface area contributed by atoms with Gasteiger partial charge >= 0.3 is 0 Å². The van der Waals surface area contributed by atoms with E-state index in [1.165, 1.54) is 0 Å². The van der Waals surface area contributed by atoms with Crippen LogP contribution in [0.2, 0.25) is 0 Å². The van der Waals surface area contributed by atoms with E-state index in [1.54, 1.807) is 7.11 Å². The molecule has 2 atom stereocenters. The zero-order valence-electron chi connectivity index (χ0n) is 11.9. The SMILES string of the molecule is COc1ccc(C(N)CN2CCCC(C(N)=O)C2)cc1. The third-order valence-electron chi connectivity index (χ3n) is 3.91. The molecule has 1 amide bonds. The fourth-order valence-electron chi connectivity index (χ4n) is 2.69. The molecule has 0 aliphatic carbocycles. The Morgan fingerprint density at radius 2 is 2.15 bits per heavy atom. The normalized spacial score (nSPS) is 21.4. The molecule has 1 aromatic rings. The molecule has 110 valence electrons. The second kappa shape index (κ2) is 6.72. The van der Waals surface area contributed by atoms with Crippen molar-refractivity contribution in [1.82, 2.24) is 4.90 Å². The van der Waals surface area contributed by atoms with Crippen molar-refractivity contribution in [3.8, 4) is 5.75 Å². The molecule has 0 saturated carbocycles. The van der Waals surface area contributed by atoms with Gasteiger partial charge in [-0.05, 0) is 37.1 Å². The summed E-state index contributed by atoms with van der Waals surface area (Å²) in [5, 5.41) is 0. The summed E-state index contributed by atoms with van der Waals surface area (Å²) >= 11 is 0. The molecule has 1 aliphatic rings. The van der Waals surface area contributed by atoms with Crippen molar-refractivity contribution < 1.29 is 9.53 Å². The van der Waals surface area contributed by atoms with Gasteiger partial charge in [-0.2, -0.15) is 0 Å². The smallest absolute Gasteiger partial charge is 0.221 e. The average molecular weight is 277 g/mol. The van der Waals surface area contributed by atoms with Crippen molar-refractivity contribution >= 4 is 5.91 Å². The van der Waals surface area contributed by atoms with Gasteiger partial charge in [0.25, 0.3) is 0 Å². The van der Waals surface area contributed by atoms with Gasteiger partial charge in [-0.3, -0.25) is 4.79 Å². The quantitative estimate of drug-likeness (QED) is 0.837. The van der Waals surface area contributed by atoms with Gasteiger partial charge in [0.15, 0.2) is 0 Å². The molecule has 0 radical (unpaired) electrons. The topological polar surface area (TPSA) is 81.6 Å². The first kappa shape index (κ1) is 14.8. The Morgan fingerprint density at radius 3 is 2.75 bits per heavy atom. The van der Waals surface area contributed by atoms with Crippen LogP contribution in [0.4, 0.5) is 0 Å². The highest BCUT2D eigenvalue weighted by molar-refractivity contribution is 5.76. The van der Waals surface area contributed by atoms with Gasteiger partial charge in [0.2, 0.25) is 5.91 Å². The van der Waals surface area contributed by atoms with Gasteiger partial charge in [0.1, 0.15) is 5.75 Å². The summed E-state index contributed by atoms with van der Waals surface area (Å²) < 4.78 is 5.14. The lowest BCUT2D eigenvalue weighted by molar-refractivity contribution is -0.123. The summed E-state index contributed by atoms with van der Waals surface area (Å²) in [6, 6.07) is 7.74. The Balaban J connectivity index is 1.92. The molecular weight excluding hydrogens is 254 g/mol. The van der Waals surface area contributed by atoms with Gasteiger partial charge in [-0.15, -0.1) is 0 Å². The molecule has 1 aromatic carbocycles. The molecule has 1 aliphatic heterocycles. The summed E-state index contributed by atoms with van der Waals surface area (Å²) in [4.78, 5) is 13.5. The van der Waals surface area contributed by atoms with E-state index >= 15 is 0 Å². The predicted molar refractivity (Wildman–Crippen MR) is 78.3 cm³/mol. The van der Waals surface area contributed by atoms with Crippen LogP contribution >= 0.6 is 0 Å². The minimum Gasteiger partial charge on any atom is -0.497 e. The number of piperidine rings is 1. The number of primary amides is 1. The Morgan fingerprint density at radius 1 is 1.45 bits per heavy atom. The van der Waals surface area contributed by atoms with Gasteiger partial charge in [0, 0.05) is 19.1 Å². The third-order valence-corrected chi connectivity index (χ3v) is 3.91. The van der Waals surface area contributed by atoms with Crippen LogP contribution in [0.5, 0.6) is 5.75 Å². The number of hydrogen-bond acceptors (Lipinski definition) is 4. The summed E-state index contributed by atoms with van der Waals surface area (Å²) in [6.07, 6.45) is 1.90. The van der Waals surface area contributed by atoms with Crippen LogP contribution in [0.15, 0.2) is 24.3 Å². The number of rotatable bonds is 5. The molecule has 2 unspecified atom stereocenters. The summed E-state index contributed by atoms with van der Waals surface area (Å²) in [6.45, 7) is 2.45. The number of carbonyl (C=O) groups excluding carboxylic acids is 1. The number of hydrogen-bond donors (Lipinski definition) is 2. The second-order valence-corrected chi connectivity index (χ2v) is 5.38. The summed E-state index contributed by atoms with van der Waals surface area (Å²) in [5.74, 6) is 0.590. The van der Waals surface area contributed by atoms with Crippen LogP contribution in [0, 0.1) is 5.92 Å². The van der Waals surface area contributed by atoms with E-state index < -0.39 is 0 Å². The molecular formula is C15H23N3O2. The lowest BCUT2D eigenvalue weighted by Crippen LogP contribution is -2.43. The van der Waals surface area contributed by atoms with Crippen LogP contribution < -0.4 is 16.2 Å². The first-order chi connectivity index (χ1) is 9.60. The molecule has 5 nitrogen and oxygen atoms in total. The minimum atomic E-state index is -0.201. The number of likely N-dealkylation sites (tertiary alicyclic amines) is 1. The van der Waals surface area contributed by atoms with Crippen molar-refractivity contribution in [2.75, 3.05) is 26.7 Å². The van der Waals surface area contributed by atoms with Crippen LogP contribution in [0.25, 0.3) is 0 Å². The number of methoxy groups -OCH3 is 1. The number of ether oxygens (including phenoxy) is 1. The van der Waals surface area contributed by atoms with Crippen LogP contribution in [-0.2, 0) is 4.79 Å². The standard InChI is InChI=1S/C15H23N3O2/c1-20-13-6-4-11(5-7-13)14(16)10-18-8-2-3-12(9-18)15(17)19/h4-7,12,14H,2-3,8-10,16H2,1H3,(H2,17,19). The highest BCUT2D eigenvalue weighted by Gasteiger charge is 2.25. The molecule has 0 aromatic heterocycles. The summed E-state index contributed by atoms with van der Waals surface area (Å²) in [5.41, 5.74) is 12.7. The van der Waals surface area contributed by atoms with E-state index in [-0.39, 0.29) is 17.9 Å². The Bertz CT molecular complexity index is 447. The molecule has 1 saturated heterocycles. The van der Waals surface area contributed by atoms with Gasteiger partial charge < -0.3 is 21.1 Å². The lowest BCUT2D eigenvalue weighted by atomic mass is 9.96. The van der Waals surface area contributed by atoms with E-state index in [4.69, 9.17) is 16.2 Å². The largest absolute Gasteiger partial charge is 0.497 e. The van der Waals surface area contributed by atoms with Crippen molar-refractivity contribution in [3.05, 3.63) is 29.8 Å². The average Bonchev–Trinajstić information content (AvgIpc) is 2.47. The number of amides is 1. The number of nitrogens with two attached hydrogens (primary N) is 2. The molecule has 4 N–H and O–H groups in total. The van der Waals surface area contributed by atoms with E-state index in [9.17, 15) is 4.79 Å². The van der Waals surface area contributed by atoms with E-state index in [0.29, 0.717) is 0 Å². The van der Waals surface area contributed by atoms with E-state index in [2.05, 4.69) is 4.90 Å². The third kappa shape index (κ3) is 3.71. The van der Waals surface area contributed by atoms with Crippen molar-refractivity contribution in [3.63, 3.8) is 0 Å². The molecule has 5 heteroatoms. The van der Waals surface area contributed by atoms with E-state index in [0.717, 1.165) is 43.8 Å². The monoisotopic (exact) mass is 277 g/mol. The van der Waals surface area contributed by atoms with E-state index in [1.807, 2.05) is 24.3 Å². The zero-order valence-corrected chi connectivity index (χ0v) is 11.9. The highest BCUT2D eigenvalue weighted by atomic mass is 16.5. The van der Waals surface area contributed by atoms with Crippen LogP contribution in [0.3, 0.4) is 0 Å². The lowest BCUT2D eigenvalue weighted by Gasteiger charge is -2.32. The van der Waals surface area contributed by atoms with Gasteiger partial charge in [-0.1, -0.05) is 12.1 Å². The first-order valence-corrected chi connectivity index (χ1v) is 7.01. The number of carbonyl (C=O) groups is 1. The van der Waals surface area contributed by atoms with Crippen LogP contribution in [-0.4, -0.2) is 37.6 Å². The minimum absolute atomic E-state index is 0.0354. The fourth-order valence-corrected chi connectivity index (χ4v) is 2.69. The Hall–Kier alpha value is -1.59. The summed E-state index contributed by atoms with van der Waals surface area (Å²) in [7, 11) is 1.65. The predicted octanol–water partition coefficient (Wildman–Crippen LogP) is 0.892. The molecule has 20 heavy (non-hydrogen) atoms. The van der Waals surface area contributed by atoms with Gasteiger partial charge in [0.05, 0.1) is 13.0 Å². The number of benzene rings is 1. The maximum atomic E-state index is 11.3.